The average molecular weight is 313 g/mol. The van der Waals surface area contributed by atoms with Crippen molar-refractivity contribution in [3.05, 3.63) is 0 Å². The molecule has 130 valence electrons. The molecule has 0 rings (SSSR count). The van der Waals surface area contributed by atoms with Crippen LogP contribution in [0.15, 0.2) is 0 Å². The molecule has 0 aromatic carbocycles. The number of nitrogens with two attached hydrogens (primary N) is 1. The minimum absolute atomic E-state index is 0.155. The second kappa shape index (κ2) is 9.82. The highest BCUT2D eigenvalue weighted by molar-refractivity contribution is 5.89. The summed E-state index contributed by atoms with van der Waals surface area (Å²) >= 11 is 0. The van der Waals surface area contributed by atoms with Crippen molar-refractivity contribution in [1.29, 1.82) is 0 Å². The first-order valence-electron chi connectivity index (χ1n) is 8.42. The maximum Gasteiger partial charge on any atom is 0.242 e. The van der Waals surface area contributed by atoms with Gasteiger partial charge in [0.25, 0.3) is 0 Å². The Balaban J connectivity index is 4.13. The molecule has 4 N–H and O–H groups in total. The van der Waals surface area contributed by atoms with Crippen molar-refractivity contribution in [2.24, 2.45) is 17.1 Å². The zero-order chi connectivity index (χ0) is 17.3. The van der Waals surface area contributed by atoms with Gasteiger partial charge in [0.2, 0.25) is 11.8 Å². The molecular formula is C17H35N3O2. The summed E-state index contributed by atoms with van der Waals surface area (Å²) in [5.41, 5.74) is 5.94. The van der Waals surface area contributed by atoms with Gasteiger partial charge in [-0.1, -0.05) is 41.0 Å². The Bertz CT molecular complexity index is 354. The summed E-state index contributed by atoms with van der Waals surface area (Å²) in [5, 5.41) is 5.56. The van der Waals surface area contributed by atoms with E-state index in [1.165, 1.54) is 0 Å². The van der Waals surface area contributed by atoms with E-state index in [1.54, 1.807) is 6.92 Å². The number of hydrogen-bond donors (Lipinski definition) is 3. The van der Waals surface area contributed by atoms with Gasteiger partial charge in [0.05, 0.1) is 6.04 Å². The number of rotatable bonds is 10. The number of hydrogen-bond acceptors (Lipinski definition) is 3. The van der Waals surface area contributed by atoms with E-state index in [4.69, 9.17) is 5.73 Å². The molecule has 0 fully saturated rings. The van der Waals surface area contributed by atoms with Gasteiger partial charge in [-0.15, -0.1) is 0 Å². The number of nitrogens with one attached hydrogen (secondary N) is 2. The lowest BCUT2D eigenvalue weighted by molar-refractivity contribution is -0.129. The second-order valence-electron chi connectivity index (χ2n) is 7.43. The van der Waals surface area contributed by atoms with Crippen LogP contribution in [0.4, 0.5) is 0 Å². The van der Waals surface area contributed by atoms with Crippen LogP contribution in [0.3, 0.4) is 0 Å². The van der Waals surface area contributed by atoms with Crippen molar-refractivity contribution < 1.29 is 9.59 Å². The third-order valence-electron chi connectivity index (χ3n) is 3.75. The molecule has 22 heavy (non-hydrogen) atoms. The quantitative estimate of drug-likeness (QED) is 0.578. The first-order chi connectivity index (χ1) is 10.1. The first-order valence-corrected chi connectivity index (χ1v) is 8.42. The second-order valence-corrected chi connectivity index (χ2v) is 7.43. The van der Waals surface area contributed by atoms with Crippen molar-refractivity contribution in [2.75, 3.05) is 6.54 Å². The van der Waals surface area contributed by atoms with Gasteiger partial charge in [-0.05, 0) is 37.5 Å². The zero-order valence-corrected chi connectivity index (χ0v) is 15.2. The molecule has 0 aromatic heterocycles. The molecule has 5 nitrogen and oxygen atoms in total. The normalized spacial score (nSPS) is 14.5. The van der Waals surface area contributed by atoms with Crippen molar-refractivity contribution in [1.82, 2.24) is 10.6 Å². The van der Waals surface area contributed by atoms with E-state index in [0.717, 1.165) is 19.3 Å². The van der Waals surface area contributed by atoms with Crippen LogP contribution in [0.1, 0.15) is 67.2 Å². The van der Waals surface area contributed by atoms with E-state index < -0.39 is 12.1 Å². The molecule has 0 aliphatic rings. The molecule has 2 amide bonds. The Kier molecular flexibility index (Phi) is 9.33. The summed E-state index contributed by atoms with van der Waals surface area (Å²) in [5.74, 6) is 0.228. The largest absolute Gasteiger partial charge is 0.354 e. The van der Waals surface area contributed by atoms with E-state index in [2.05, 4.69) is 38.3 Å². The average Bonchev–Trinajstić information content (AvgIpc) is 2.36. The third-order valence-corrected chi connectivity index (χ3v) is 3.75. The molecule has 0 spiro atoms. The maximum absolute atomic E-state index is 12.0. The summed E-state index contributed by atoms with van der Waals surface area (Å²) in [7, 11) is 0. The molecular weight excluding hydrogens is 278 g/mol. The van der Waals surface area contributed by atoms with E-state index in [9.17, 15) is 9.59 Å². The highest BCUT2D eigenvalue weighted by Crippen LogP contribution is 2.28. The van der Waals surface area contributed by atoms with Gasteiger partial charge in [-0.2, -0.15) is 0 Å². The van der Waals surface area contributed by atoms with Crippen LogP contribution in [0.5, 0.6) is 0 Å². The fraction of sp³-hybridized carbons (Fsp3) is 0.882. The van der Waals surface area contributed by atoms with Gasteiger partial charge in [0, 0.05) is 6.54 Å². The molecule has 0 heterocycles. The first kappa shape index (κ1) is 20.9. The summed E-state index contributed by atoms with van der Waals surface area (Å²) in [6.07, 6.45) is 3.53. The Morgan fingerprint density at radius 1 is 1.14 bits per heavy atom. The zero-order valence-electron chi connectivity index (χ0n) is 15.2. The lowest BCUT2D eigenvalue weighted by atomic mass is 9.81. The van der Waals surface area contributed by atoms with Crippen LogP contribution in [0.2, 0.25) is 0 Å². The number of carbonyl (C=O) groups excluding carboxylic acids is 2. The van der Waals surface area contributed by atoms with Crippen LogP contribution < -0.4 is 16.4 Å². The Labute approximate surface area is 135 Å². The third kappa shape index (κ3) is 9.03. The fourth-order valence-corrected chi connectivity index (χ4v) is 2.71. The van der Waals surface area contributed by atoms with E-state index >= 15 is 0 Å². The molecule has 0 radical (unpaired) electrons. The smallest absolute Gasteiger partial charge is 0.242 e. The Morgan fingerprint density at radius 3 is 2.23 bits per heavy atom. The fourth-order valence-electron chi connectivity index (χ4n) is 2.71. The van der Waals surface area contributed by atoms with Crippen molar-refractivity contribution in [2.45, 2.75) is 79.3 Å². The van der Waals surface area contributed by atoms with Crippen molar-refractivity contribution in [3.8, 4) is 0 Å². The van der Waals surface area contributed by atoms with Gasteiger partial charge in [-0.25, -0.2) is 0 Å². The standard InChI is InChI=1S/C17H35N3O2/c1-7-8-14(18)16(22)20-13(4)15(21)19-10-9-17(5,6)11-12(2)3/h12-14H,7-11,18H2,1-6H3,(H,19,21)(H,20,22)/t13?,14-/m0/s1. The summed E-state index contributed by atoms with van der Waals surface area (Å²) in [4.78, 5) is 23.8. The van der Waals surface area contributed by atoms with Crippen LogP contribution in [0.25, 0.3) is 0 Å². The van der Waals surface area contributed by atoms with E-state index in [0.29, 0.717) is 18.9 Å². The molecule has 0 bridgehead atoms. The van der Waals surface area contributed by atoms with Gasteiger partial charge in [0.1, 0.15) is 6.04 Å². The van der Waals surface area contributed by atoms with Crippen LogP contribution in [-0.4, -0.2) is 30.4 Å². The van der Waals surface area contributed by atoms with E-state index in [-0.39, 0.29) is 17.2 Å². The molecule has 0 saturated carbocycles. The molecule has 1 unspecified atom stereocenters. The van der Waals surface area contributed by atoms with Crippen molar-refractivity contribution >= 4 is 11.8 Å². The number of carbonyl (C=O) groups is 2. The SMILES string of the molecule is CCC[C@H](N)C(=O)NC(C)C(=O)NCCC(C)(C)CC(C)C. The van der Waals surface area contributed by atoms with E-state index in [1.807, 2.05) is 6.92 Å². The lowest BCUT2D eigenvalue weighted by Crippen LogP contribution is -2.50. The highest BCUT2D eigenvalue weighted by atomic mass is 16.2. The van der Waals surface area contributed by atoms with Gasteiger partial charge < -0.3 is 16.4 Å². The lowest BCUT2D eigenvalue weighted by Gasteiger charge is -2.27. The molecule has 0 aromatic rings. The topological polar surface area (TPSA) is 84.2 Å². The minimum Gasteiger partial charge on any atom is -0.354 e. The minimum atomic E-state index is -0.552. The highest BCUT2D eigenvalue weighted by Gasteiger charge is 2.22. The Morgan fingerprint density at radius 2 is 1.73 bits per heavy atom. The van der Waals surface area contributed by atoms with Crippen LogP contribution >= 0.6 is 0 Å². The predicted molar refractivity (Wildman–Crippen MR) is 91.4 cm³/mol. The maximum atomic E-state index is 12.0. The van der Waals surface area contributed by atoms with Crippen LogP contribution in [-0.2, 0) is 9.59 Å². The van der Waals surface area contributed by atoms with Gasteiger partial charge in [0.15, 0.2) is 0 Å². The molecule has 0 aliphatic heterocycles. The van der Waals surface area contributed by atoms with Gasteiger partial charge in [-0.3, -0.25) is 9.59 Å². The molecule has 0 aliphatic carbocycles. The van der Waals surface area contributed by atoms with Gasteiger partial charge >= 0.3 is 0 Å². The van der Waals surface area contributed by atoms with Crippen LogP contribution in [0, 0.1) is 11.3 Å². The monoisotopic (exact) mass is 313 g/mol. The summed E-state index contributed by atoms with van der Waals surface area (Å²) in [6, 6.07) is -1.09. The summed E-state index contributed by atoms with van der Waals surface area (Å²) in [6.45, 7) is 13.1. The molecule has 2 atom stereocenters. The van der Waals surface area contributed by atoms with Crippen molar-refractivity contribution in [3.63, 3.8) is 0 Å². The molecule has 5 heteroatoms. The number of amides is 2. The predicted octanol–water partition coefficient (Wildman–Crippen LogP) is 2.20. The summed E-state index contributed by atoms with van der Waals surface area (Å²) < 4.78 is 0. The Hall–Kier alpha value is -1.10. The molecule has 0 saturated heterocycles.